The Morgan fingerprint density at radius 2 is 1.18 bits per heavy atom. The fourth-order valence-corrected chi connectivity index (χ4v) is 9.61. The average molecular weight is 1260 g/mol. The molecule has 8 rings (SSSR count). The fraction of sp³-hybridized carbons (Fsp3) is 0.204. The van der Waals surface area contributed by atoms with E-state index < -0.39 is 47.9 Å². The van der Waals surface area contributed by atoms with Crippen molar-refractivity contribution in [3.05, 3.63) is 156 Å². The number of alkyl carbamates (subject to hydrolysis) is 2. The molecule has 2 heterocycles. The molecule has 2 aliphatic rings. The Bertz CT molecular complexity index is 3060. The van der Waals surface area contributed by atoms with Gasteiger partial charge in [-0.25, -0.2) is 29.1 Å². The van der Waals surface area contributed by atoms with E-state index in [9.17, 15) is 34.0 Å². The number of aliphatic carboxylic acids is 2. The molecule has 0 saturated heterocycles. The van der Waals surface area contributed by atoms with Crippen molar-refractivity contribution >= 4 is 88.8 Å². The Balaban J connectivity index is 0.000000636. The van der Waals surface area contributed by atoms with Crippen molar-refractivity contribution in [3.63, 3.8) is 0 Å². The summed E-state index contributed by atoms with van der Waals surface area (Å²) >= 11 is 20.0. The predicted molar refractivity (Wildman–Crippen MR) is 282 cm³/mol. The predicted octanol–water partition coefficient (Wildman–Crippen LogP) is -1.59. The zero-order valence-corrected chi connectivity index (χ0v) is 56.2. The number of nitrogens with one attached hydrogen (secondary N) is 3. The number of amides is 2. The molecule has 2 amide bonds. The Morgan fingerprint density at radius 1 is 0.782 bits per heavy atom. The van der Waals surface area contributed by atoms with Crippen molar-refractivity contribution < 1.29 is 223 Å². The van der Waals surface area contributed by atoms with Crippen molar-refractivity contribution in [2.75, 3.05) is 26.4 Å². The minimum Gasteiger partial charge on any atom is -1.00 e. The molecule has 1 unspecified atom stereocenters. The molecule has 78 heavy (non-hydrogen) atoms. The molecule has 0 bridgehead atoms. The molecule has 394 valence electrons. The molecule has 0 radical (unpaired) electrons. The molecule has 4 aromatic carbocycles. The van der Waals surface area contributed by atoms with Gasteiger partial charge in [0.2, 0.25) is 4.97 Å². The van der Waals surface area contributed by atoms with E-state index in [4.69, 9.17) is 71.6 Å². The van der Waals surface area contributed by atoms with E-state index in [-0.39, 0.29) is 219 Å². The number of carboxylic acid groups (broad SMARTS) is 2. The van der Waals surface area contributed by atoms with Crippen molar-refractivity contribution in [1.29, 1.82) is 0 Å². The fourth-order valence-electron chi connectivity index (χ4n) is 7.68. The monoisotopic (exact) mass is 1250 g/mol. The molecule has 20 nitrogen and oxygen atoms in total. The van der Waals surface area contributed by atoms with Gasteiger partial charge in [0.15, 0.2) is 6.72 Å². The maximum absolute atomic E-state index is 12.5. The minimum absolute atomic E-state index is 0. The third kappa shape index (κ3) is 22.3. The number of nitrogens with zero attached hydrogens (tertiary/aromatic N) is 3. The first-order valence-electron chi connectivity index (χ1n) is 21.8. The van der Waals surface area contributed by atoms with Gasteiger partial charge in [0.1, 0.15) is 44.8 Å². The largest absolute Gasteiger partial charge is 1.00 e. The Labute approximate surface area is 597 Å². The summed E-state index contributed by atoms with van der Waals surface area (Å²) < 4.78 is 33.9. The molecular formula is C49H45Cl2K3N6O14P2S2. The van der Waals surface area contributed by atoms with Gasteiger partial charge in [0.25, 0.3) is 6.47 Å². The van der Waals surface area contributed by atoms with Gasteiger partial charge in [-0.15, -0.1) is 12.8 Å². The summed E-state index contributed by atoms with van der Waals surface area (Å²) in [5, 5.41) is 32.1. The molecule has 2 aliphatic carbocycles. The number of imidazole rings is 2. The van der Waals surface area contributed by atoms with Gasteiger partial charge in [0.05, 0.1) is 12.0 Å². The first kappa shape index (κ1) is 72.1. The second-order valence-electron chi connectivity index (χ2n) is 15.5. The van der Waals surface area contributed by atoms with Gasteiger partial charge < -0.3 is 68.2 Å². The Morgan fingerprint density at radius 3 is 1.53 bits per heavy atom. The molecule has 0 aliphatic heterocycles. The maximum atomic E-state index is 12.5. The molecular weight excluding hydrogens is 1210 g/mol. The van der Waals surface area contributed by atoms with Crippen LogP contribution in [0.15, 0.2) is 122 Å². The van der Waals surface area contributed by atoms with Crippen LogP contribution >= 0.6 is 34.2 Å². The summed E-state index contributed by atoms with van der Waals surface area (Å²) in [6, 6.07) is 29.4. The minimum atomic E-state index is -3.68. The van der Waals surface area contributed by atoms with Crippen LogP contribution in [-0.2, 0) is 79.3 Å². The number of terminal acetylenes is 2. The van der Waals surface area contributed by atoms with Crippen LogP contribution in [0.2, 0.25) is 0 Å². The van der Waals surface area contributed by atoms with Crippen molar-refractivity contribution in [2.45, 2.75) is 36.8 Å². The number of aromatic amines is 1. The van der Waals surface area contributed by atoms with E-state index in [2.05, 4.69) is 70.8 Å². The van der Waals surface area contributed by atoms with Crippen LogP contribution in [0.25, 0.3) is 22.3 Å². The zero-order valence-electron chi connectivity index (χ0n) is 42.9. The van der Waals surface area contributed by atoms with Crippen molar-refractivity contribution in [2.24, 2.45) is 0 Å². The topological polar surface area (TPSA) is 283 Å². The van der Waals surface area contributed by atoms with Crippen LogP contribution < -0.4 is 170 Å². The van der Waals surface area contributed by atoms with Crippen LogP contribution in [0.5, 0.6) is 0 Å². The first-order valence-corrected chi connectivity index (χ1v) is 28.9. The molecule has 29 heteroatoms. The molecule has 6 aromatic rings. The number of H-pyrrole nitrogens is 1. The smallest absolute Gasteiger partial charge is 1.00 e. The number of carbonyl (C=O) groups excluding carboxylic acids is 3. The van der Waals surface area contributed by atoms with Crippen LogP contribution in [-0.4, -0.2) is 98.6 Å². The van der Waals surface area contributed by atoms with Gasteiger partial charge in [-0.05, 0) is 78.8 Å². The van der Waals surface area contributed by atoms with E-state index in [0.29, 0.717) is 5.69 Å². The van der Waals surface area contributed by atoms with E-state index >= 15 is 0 Å². The van der Waals surface area contributed by atoms with Crippen LogP contribution in [0, 0.1) is 24.7 Å². The number of rotatable bonds is 18. The first-order chi connectivity index (χ1) is 35.9. The maximum Gasteiger partial charge on any atom is 1.00 e. The molecule has 0 fully saturated rings. The van der Waals surface area contributed by atoms with Crippen LogP contribution in [0.3, 0.4) is 0 Å². The molecule has 2 aromatic heterocycles. The van der Waals surface area contributed by atoms with Crippen LogP contribution in [0.4, 0.5) is 9.59 Å². The van der Waals surface area contributed by atoms with Gasteiger partial charge in [-0.3, -0.25) is 13.7 Å². The second kappa shape index (κ2) is 36.5. The van der Waals surface area contributed by atoms with Crippen molar-refractivity contribution in [1.82, 2.24) is 29.9 Å². The third-order valence-electron chi connectivity index (χ3n) is 10.8. The summed E-state index contributed by atoms with van der Waals surface area (Å²) in [4.78, 5) is 67.3. The summed E-state index contributed by atoms with van der Waals surface area (Å²) in [6.07, 6.45) is 13.7. The van der Waals surface area contributed by atoms with E-state index in [0.717, 1.165) is 48.8 Å². The Hall–Kier alpha value is -2.03. The van der Waals surface area contributed by atoms with E-state index in [1.807, 2.05) is 84.9 Å². The normalized spacial score (nSPS) is 12.8. The third-order valence-corrected chi connectivity index (χ3v) is 14.3. The number of ether oxygens (including phenoxy) is 2. The number of hydrogen-bond acceptors (Lipinski definition) is 16. The number of fused-ring (bicyclic) bond motifs is 6. The average Bonchev–Trinajstić information content (AvgIpc) is 4.29. The second-order valence-corrected chi connectivity index (χ2v) is 25.7. The standard InChI is InChI=1S/C24H22N3O6PS.C21H19N3O4.C3H3Cl2OPS.CH2O3.3K.H/c1-2-11-33-34(31,35)27-13-16(25-15-27)12-22(23(28)29)26-24(30)32-14-21-19-9-5-3-7-17(19)18-8-4-6-10-20(18)21;25-20(26)19(9-13-10-22-12-23-13)24-21(27)28-11-18-16-7-3-1-5-14(16)15-6-2-4-8-17(15)18;1-2-3-6-7(4,5)8;2-1-4-3;;;;/h1,3-10,13,15,21-22H,11-12,14H2,(H,26,30)(H,28,29)(H,31,35);1-8,10,12,18-19H,9,11H2,(H,22,23)(H,24,27)(H,25,26);1H,3H2;1,3H;;;;/q;;;;3*+1;-1/p-2/t22-,34?;19-;;;;;;/m00....../s1. The molecule has 3 atom stereocenters. The number of carbonyl (C=O) groups is 5. The SMILES string of the molecule is C#CCOP(=O)([S-])n1cnc(C[C@H](NC(=O)OCC2c3ccccc3-c3ccccc32)C(=O)O)c1.C#CCOP(=S)(Cl)Cl.O=C(N[C@@H](Cc1cnc[nH]1)C(=O)O)OCC1c2ccccc2-c2ccccc21.O=CO[O-].[H-].[K+].[K+].[K+]. The number of halogens is 2. The van der Waals surface area contributed by atoms with Crippen molar-refractivity contribution in [3.8, 4) is 46.9 Å². The van der Waals surface area contributed by atoms with E-state index in [1.165, 1.54) is 25.0 Å². The van der Waals surface area contributed by atoms with Gasteiger partial charge >= 0.3 is 178 Å². The number of benzene rings is 4. The number of carboxylic acids is 2. The van der Waals surface area contributed by atoms with Gasteiger partial charge in [-0.2, -0.15) is 0 Å². The quantitative estimate of drug-likeness (QED) is 0.0123. The van der Waals surface area contributed by atoms with E-state index in [1.54, 1.807) is 0 Å². The zero-order chi connectivity index (χ0) is 54.5. The summed E-state index contributed by atoms with van der Waals surface area (Å²) in [6.45, 7) is -3.83. The summed E-state index contributed by atoms with van der Waals surface area (Å²) in [5.41, 5.74) is 9.58. The Kier molecular flexibility index (Phi) is 33.8. The molecule has 0 spiro atoms. The number of aromatic nitrogens is 4. The van der Waals surface area contributed by atoms with Gasteiger partial charge in [0, 0.05) is 42.8 Å². The van der Waals surface area contributed by atoms with Gasteiger partial charge in [-0.1, -0.05) is 109 Å². The summed E-state index contributed by atoms with van der Waals surface area (Å²) in [7, 11) is 0. The molecule has 5 N–H and O–H groups in total. The summed E-state index contributed by atoms with van der Waals surface area (Å²) in [5.74, 6) is 1.73. The molecule has 0 saturated carbocycles. The number of hydrogen-bond donors (Lipinski definition) is 5. The van der Waals surface area contributed by atoms with Crippen LogP contribution in [0.1, 0.15) is 46.9 Å².